The molecule has 2 aliphatic rings. The normalized spacial score (nSPS) is 18.7. The molecule has 13 nitrogen and oxygen atoms in total. The Balaban J connectivity index is 1.76. The van der Waals surface area contributed by atoms with Crippen LogP contribution >= 0.6 is 23.2 Å². The molecule has 4 amide bonds. The van der Waals surface area contributed by atoms with Crippen LogP contribution in [-0.2, 0) is 39.5 Å². The first-order valence-electron chi connectivity index (χ1n) is 15.2. The van der Waals surface area contributed by atoms with E-state index in [0.29, 0.717) is 4.90 Å². The number of benzene rings is 2. The predicted octanol–water partition coefficient (Wildman–Crippen LogP) is 3.06. The number of nitrogens with one attached hydrogen (secondary N) is 1. The highest BCUT2D eigenvalue weighted by Crippen LogP contribution is 2.46. The first-order chi connectivity index (χ1) is 23.2. The minimum atomic E-state index is -1.69. The highest BCUT2D eigenvalue weighted by atomic mass is 35.5. The van der Waals surface area contributed by atoms with Crippen molar-refractivity contribution in [1.82, 2.24) is 15.1 Å². The van der Waals surface area contributed by atoms with Gasteiger partial charge in [0.2, 0.25) is 11.8 Å². The van der Waals surface area contributed by atoms with Gasteiger partial charge >= 0.3 is 18.0 Å². The quantitative estimate of drug-likeness (QED) is 0.350. The molecule has 3 N–H and O–H groups in total. The zero-order chi connectivity index (χ0) is 36.0. The molecule has 0 spiro atoms. The fourth-order valence-electron chi connectivity index (χ4n) is 5.93. The number of ether oxygens (including phenoxy) is 2. The number of primary amides is 1. The summed E-state index contributed by atoms with van der Waals surface area (Å²) in [6.45, 7) is 3.71. The Morgan fingerprint density at radius 2 is 1.53 bits per heavy atom. The highest BCUT2D eigenvalue weighted by Gasteiger charge is 2.46. The Bertz CT molecular complexity index is 1700. The SMILES string of the molecule is COC(=O)C1=C(CC(=O)N2CCN(C(=O)C(C)(C)NC(N)=O)CC2)N=C(C[S@](=O)c2ccccc2)C(C(=O)OC)[C@H]1c1c(Cl)cccc1Cl. The first kappa shape index (κ1) is 37.5. The molecule has 1 saturated heterocycles. The van der Waals surface area contributed by atoms with Crippen molar-refractivity contribution in [2.24, 2.45) is 16.6 Å². The monoisotopic (exact) mass is 733 g/mol. The maximum atomic E-state index is 13.8. The molecule has 0 aliphatic carbocycles. The Hall–Kier alpha value is -4.27. The highest BCUT2D eigenvalue weighted by molar-refractivity contribution is 7.85. The van der Waals surface area contributed by atoms with E-state index in [1.54, 1.807) is 48.5 Å². The second kappa shape index (κ2) is 16.0. The average Bonchev–Trinajstić information content (AvgIpc) is 3.07. The van der Waals surface area contributed by atoms with Crippen molar-refractivity contribution in [1.29, 1.82) is 0 Å². The fourth-order valence-corrected chi connectivity index (χ4v) is 7.70. The number of rotatable bonds is 10. The number of carbonyl (C=O) groups is 5. The molecule has 0 bridgehead atoms. The Morgan fingerprint density at radius 1 is 0.939 bits per heavy atom. The Morgan fingerprint density at radius 3 is 2.08 bits per heavy atom. The molecule has 4 rings (SSSR count). The van der Waals surface area contributed by atoms with Crippen molar-refractivity contribution in [3.8, 4) is 0 Å². The third kappa shape index (κ3) is 8.49. The number of halogens is 2. The summed E-state index contributed by atoms with van der Waals surface area (Å²) in [5.41, 5.74) is 4.15. The average molecular weight is 735 g/mol. The third-order valence-corrected chi connectivity index (χ3v) is 10.3. The number of methoxy groups -OCH3 is 2. The summed E-state index contributed by atoms with van der Waals surface area (Å²) in [5.74, 6) is -5.19. The minimum absolute atomic E-state index is 0.0108. The van der Waals surface area contributed by atoms with Crippen LogP contribution in [0.1, 0.15) is 31.7 Å². The van der Waals surface area contributed by atoms with Gasteiger partial charge in [-0.1, -0.05) is 47.5 Å². The van der Waals surface area contributed by atoms with E-state index in [2.05, 4.69) is 10.3 Å². The van der Waals surface area contributed by atoms with Crippen molar-refractivity contribution in [3.05, 3.63) is 75.4 Å². The molecule has 16 heteroatoms. The minimum Gasteiger partial charge on any atom is -0.468 e. The number of esters is 2. The van der Waals surface area contributed by atoms with Crippen molar-refractivity contribution in [2.45, 2.75) is 36.6 Å². The number of nitrogens with zero attached hydrogens (tertiary/aromatic N) is 3. The lowest BCUT2D eigenvalue weighted by Crippen LogP contribution is -2.60. The number of piperazine rings is 1. The van der Waals surface area contributed by atoms with Crippen LogP contribution in [0.2, 0.25) is 10.0 Å². The van der Waals surface area contributed by atoms with Gasteiger partial charge in [-0.15, -0.1) is 0 Å². The number of urea groups is 1. The summed E-state index contributed by atoms with van der Waals surface area (Å²) < 4.78 is 23.9. The molecule has 1 fully saturated rings. The first-order valence-corrected chi connectivity index (χ1v) is 17.3. The van der Waals surface area contributed by atoms with E-state index in [0.717, 1.165) is 7.11 Å². The van der Waals surface area contributed by atoms with Gasteiger partial charge in [0.05, 0.1) is 48.5 Å². The molecule has 1 unspecified atom stereocenters. The van der Waals surface area contributed by atoms with E-state index in [4.69, 9.17) is 38.4 Å². The Labute approximate surface area is 296 Å². The van der Waals surface area contributed by atoms with Gasteiger partial charge in [0.15, 0.2) is 0 Å². The van der Waals surface area contributed by atoms with Crippen LogP contribution in [-0.4, -0.2) is 101 Å². The molecule has 0 radical (unpaired) electrons. The molecule has 3 atom stereocenters. The summed E-state index contributed by atoms with van der Waals surface area (Å²) in [5, 5.41) is 2.70. The van der Waals surface area contributed by atoms with Gasteiger partial charge in [-0.25, -0.2) is 9.59 Å². The second-order valence-corrected chi connectivity index (χ2v) is 14.1. The van der Waals surface area contributed by atoms with Gasteiger partial charge in [-0.3, -0.25) is 23.6 Å². The van der Waals surface area contributed by atoms with E-state index >= 15 is 0 Å². The maximum Gasteiger partial charge on any atom is 0.336 e. The van der Waals surface area contributed by atoms with Gasteiger partial charge in [-0.2, -0.15) is 0 Å². The lowest BCUT2D eigenvalue weighted by Gasteiger charge is -2.39. The molecule has 49 heavy (non-hydrogen) atoms. The van der Waals surface area contributed by atoms with Gasteiger partial charge < -0.3 is 30.3 Å². The van der Waals surface area contributed by atoms with E-state index in [1.165, 1.54) is 30.8 Å². The number of carbonyl (C=O) groups excluding carboxylic acids is 5. The summed E-state index contributed by atoms with van der Waals surface area (Å²) in [7, 11) is 0.643. The molecule has 0 aromatic heterocycles. The van der Waals surface area contributed by atoms with Crippen LogP contribution in [0.3, 0.4) is 0 Å². The molecule has 2 aromatic rings. The fraction of sp³-hybridized carbons (Fsp3) is 0.394. The smallest absolute Gasteiger partial charge is 0.336 e. The topological polar surface area (TPSA) is 178 Å². The maximum absolute atomic E-state index is 13.8. The van der Waals surface area contributed by atoms with Crippen LogP contribution in [0.25, 0.3) is 0 Å². The third-order valence-electron chi connectivity index (χ3n) is 8.26. The largest absolute Gasteiger partial charge is 0.468 e. The molecule has 2 aliphatic heterocycles. The Kier molecular flexibility index (Phi) is 12.2. The van der Waals surface area contributed by atoms with Crippen LogP contribution in [0.4, 0.5) is 4.79 Å². The van der Waals surface area contributed by atoms with Crippen LogP contribution < -0.4 is 11.1 Å². The predicted molar refractivity (Wildman–Crippen MR) is 183 cm³/mol. The summed E-state index contributed by atoms with van der Waals surface area (Å²) >= 11 is 13.3. The number of amides is 4. The van der Waals surface area contributed by atoms with Gasteiger partial charge in [0.25, 0.3) is 0 Å². The van der Waals surface area contributed by atoms with Crippen molar-refractivity contribution in [2.75, 3.05) is 46.2 Å². The van der Waals surface area contributed by atoms with Crippen molar-refractivity contribution >= 4 is 69.5 Å². The second-order valence-electron chi connectivity index (χ2n) is 11.8. The summed E-state index contributed by atoms with van der Waals surface area (Å²) in [6.07, 6.45) is -0.402. The van der Waals surface area contributed by atoms with Gasteiger partial charge in [0.1, 0.15) is 11.5 Å². The molecule has 2 aromatic carbocycles. The number of hydrogen-bond donors (Lipinski definition) is 2. The molecule has 0 saturated carbocycles. The van der Waals surface area contributed by atoms with Gasteiger partial charge in [-0.05, 0) is 43.7 Å². The van der Waals surface area contributed by atoms with E-state index < -0.39 is 58.5 Å². The van der Waals surface area contributed by atoms with Crippen molar-refractivity contribution < 1.29 is 37.7 Å². The lowest BCUT2D eigenvalue weighted by molar-refractivity contribution is -0.144. The van der Waals surface area contributed by atoms with Gasteiger partial charge in [0, 0.05) is 52.7 Å². The zero-order valence-corrected chi connectivity index (χ0v) is 29.7. The summed E-state index contributed by atoms with van der Waals surface area (Å²) in [4.78, 5) is 73.6. The van der Waals surface area contributed by atoms with Crippen LogP contribution in [0.15, 0.2) is 69.7 Å². The van der Waals surface area contributed by atoms with E-state index in [-0.39, 0.29) is 70.4 Å². The van der Waals surface area contributed by atoms with Crippen LogP contribution in [0.5, 0.6) is 0 Å². The molecule has 262 valence electrons. The zero-order valence-electron chi connectivity index (χ0n) is 27.4. The molecular formula is C33H37Cl2N5O8S. The molecular weight excluding hydrogens is 697 g/mol. The van der Waals surface area contributed by atoms with Crippen molar-refractivity contribution in [3.63, 3.8) is 0 Å². The number of hydrogen-bond acceptors (Lipinski definition) is 9. The molecule has 2 heterocycles. The van der Waals surface area contributed by atoms with Crippen LogP contribution in [0, 0.1) is 5.92 Å². The number of aliphatic imine (C=N–C) groups is 1. The lowest BCUT2D eigenvalue weighted by atomic mass is 9.75. The standard InChI is InChI=1S/C33H37Cl2N5O8S/c1-33(2,38-32(36)45)31(44)40-15-13-39(14-16-40)24(41)17-22-26(29(42)47-3)28(25-20(34)11-8-12-21(25)35)27(30(43)48-4)23(37-22)18-49(46)19-9-6-5-7-10-19/h5-12,27-28H,13-18H2,1-4H3,(H3,36,38,45)/t27?,28-,49-/m0/s1. The summed E-state index contributed by atoms with van der Waals surface area (Å²) in [6, 6.07) is 12.4. The number of nitrogens with two attached hydrogens (primary N) is 1. The van der Waals surface area contributed by atoms with E-state index in [1.807, 2.05) is 0 Å². The van der Waals surface area contributed by atoms with E-state index in [9.17, 15) is 28.2 Å².